The molecule has 0 bridgehead atoms. The summed E-state index contributed by atoms with van der Waals surface area (Å²) in [6.45, 7) is 5.85. The summed E-state index contributed by atoms with van der Waals surface area (Å²) in [5.41, 5.74) is -0.947. The minimum Gasteiger partial charge on any atom is -0.465 e. The molecule has 0 N–H and O–H groups in total. The normalized spacial score (nSPS) is 20.2. The lowest BCUT2D eigenvalue weighted by molar-refractivity contribution is -0.161. The third-order valence-corrected chi connectivity index (χ3v) is 4.80. The molecule has 0 spiro atoms. The van der Waals surface area contributed by atoms with E-state index >= 15 is 0 Å². The van der Waals surface area contributed by atoms with E-state index in [9.17, 15) is 9.59 Å². The van der Waals surface area contributed by atoms with Crippen LogP contribution in [0.1, 0.15) is 52.9 Å². The molecule has 1 saturated carbocycles. The molecular formula is C14H24O3S. The molecule has 1 fully saturated rings. The van der Waals surface area contributed by atoms with Crippen molar-refractivity contribution in [3.63, 3.8) is 0 Å². The van der Waals surface area contributed by atoms with Gasteiger partial charge in [0.05, 0.1) is 6.61 Å². The van der Waals surface area contributed by atoms with Gasteiger partial charge in [0.15, 0.2) is 0 Å². The largest absolute Gasteiger partial charge is 0.465 e. The highest BCUT2D eigenvalue weighted by Crippen LogP contribution is 2.42. The zero-order chi connectivity index (χ0) is 13.6. The smallest absolute Gasteiger partial charge is 0.320 e. The highest BCUT2D eigenvalue weighted by molar-refractivity contribution is 8.13. The molecule has 0 aromatic heterocycles. The van der Waals surface area contributed by atoms with Crippen LogP contribution in [0.15, 0.2) is 0 Å². The molecule has 18 heavy (non-hydrogen) atoms. The summed E-state index contributed by atoms with van der Waals surface area (Å²) in [5.74, 6) is 0.528. The summed E-state index contributed by atoms with van der Waals surface area (Å²) in [5, 5.41) is -0.0182. The van der Waals surface area contributed by atoms with Gasteiger partial charge in [-0.1, -0.05) is 37.9 Å². The van der Waals surface area contributed by atoms with E-state index in [0.717, 1.165) is 25.7 Å². The van der Waals surface area contributed by atoms with Gasteiger partial charge in [-0.05, 0) is 38.4 Å². The molecule has 0 amide bonds. The zero-order valence-corrected chi connectivity index (χ0v) is 12.5. The Morgan fingerprint density at radius 1 is 1.22 bits per heavy atom. The van der Waals surface area contributed by atoms with Crippen LogP contribution in [-0.4, -0.2) is 23.4 Å². The predicted octanol–water partition coefficient (Wildman–Crippen LogP) is 3.42. The molecule has 0 aromatic rings. The van der Waals surface area contributed by atoms with E-state index in [0.29, 0.717) is 12.4 Å². The van der Waals surface area contributed by atoms with Gasteiger partial charge in [-0.15, -0.1) is 0 Å². The van der Waals surface area contributed by atoms with Crippen molar-refractivity contribution >= 4 is 22.8 Å². The minimum atomic E-state index is -0.947. The van der Waals surface area contributed by atoms with Gasteiger partial charge < -0.3 is 4.74 Å². The monoisotopic (exact) mass is 272 g/mol. The van der Waals surface area contributed by atoms with Crippen LogP contribution in [0.4, 0.5) is 0 Å². The third kappa shape index (κ3) is 3.28. The van der Waals surface area contributed by atoms with E-state index < -0.39 is 5.41 Å². The Balaban J connectivity index is 2.91. The fraction of sp³-hybridized carbons (Fsp3) is 0.857. The number of rotatable bonds is 5. The van der Waals surface area contributed by atoms with Gasteiger partial charge in [-0.2, -0.15) is 0 Å². The van der Waals surface area contributed by atoms with E-state index in [1.54, 1.807) is 13.8 Å². The summed E-state index contributed by atoms with van der Waals surface area (Å²) in [4.78, 5) is 24.6. The fourth-order valence-electron chi connectivity index (χ4n) is 2.66. The maximum Gasteiger partial charge on any atom is 0.320 e. The number of carbonyl (C=O) groups is 2. The molecule has 1 rings (SSSR count). The first-order chi connectivity index (χ1) is 8.57. The maximum absolute atomic E-state index is 12.3. The lowest BCUT2D eigenvalue weighted by Gasteiger charge is -2.36. The van der Waals surface area contributed by atoms with Crippen LogP contribution in [0.25, 0.3) is 0 Å². The fourth-order valence-corrected chi connectivity index (χ4v) is 3.47. The van der Waals surface area contributed by atoms with Crippen molar-refractivity contribution in [3.8, 4) is 0 Å². The van der Waals surface area contributed by atoms with Crippen LogP contribution in [0.3, 0.4) is 0 Å². The van der Waals surface area contributed by atoms with E-state index in [1.807, 2.05) is 6.92 Å². The molecule has 3 nitrogen and oxygen atoms in total. The molecule has 1 unspecified atom stereocenters. The summed E-state index contributed by atoms with van der Waals surface area (Å²) >= 11 is 1.25. The minimum absolute atomic E-state index is 0.0182. The number of carbonyl (C=O) groups excluding carboxylic acids is 2. The van der Waals surface area contributed by atoms with Crippen LogP contribution in [-0.2, 0) is 14.3 Å². The zero-order valence-electron chi connectivity index (χ0n) is 11.7. The van der Waals surface area contributed by atoms with Gasteiger partial charge in [-0.25, -0.2) is 0 Å². The van der Waals surface area contributed by atoms with Crippen LogP contribution >= 0.6 is 11.8 Å². The first-order valence-corrected chi connectivity index (χ1v) is 7.90. The van der Waals surface area contributed by atoms with Crippen LogP contribution < -0.4 is 0 Å². The van der Waals surface area contributed by atoms with Crippen molar-refractivity contribution in [2.75, 3.05) is 12.4 Å². The number of ether oxygens (including phenoxy) is 1. The summed E-state index contributed by atoms with van der Waals surface area (Å²) < 4.78 is 5.15. The summed E-state index contributed by atoms with van der Waals surface area (Å²) in [6, 6.07) is 0. The first-order valence-electron chi connectivity index (χ1n) is 6.91. The van der Waals surface area contributed by atoms with E-state index in [1.165, 1.54) is 18.2 Å². The second-order valence-electron chi connectivity index (χ2n) is 4.98. The standard InChI is InChI=1S/C14H24O3S/c1-4-17-12(15)14(3,13(16)18-5-2)11-9-7-6-8-10-11/h11H,4-10H2,1-3H3. The van der Waals surface area contributed by atoms with Crippen molar-refractivity contribution in [1.82, 2.24) is 0 Å². The highest BCUT2D eigenvalue weighted by Gasteiger charge is 2.48. The molecule has 4 heteroatoms. The number of esters is 1. The van der Waals surface area contributed by atoms with Crippen molar-refractivity contribution < 1.29 is 14.3 Å². The molecule has 104 valence electrons. The quantitative estimate of drug-likeness (QED) is 0.568. The molecule has 1 aliphatic carbocycles. The van der Waals surface area contributed by atoms with Crippen molar-refractivity contribution in [3.05, 3.63) is 0 Å². The maximum atomic E-state index is 12.3. The topological polar surface area (TPSA) is 43.4 Å². The highest BCUT2D eigenvalue weighted by atomic mass is 32.2. The molecule has 1 aliphatic rings. The molecule has 0 aromatic carbocycles. The van der Waals surface area contributed by atoms with Crippen LogP contribution in [0, 0.1) is 11.3 Å². The Labute approximate surface area is 114 Å². The van der Waals surface area contributed by atoms with Crippen molar-refractivity contribution in [2.24, 2.45) is 11.3 Å². The summed E-state index contributed by atoms with van der Waals surface area (Å²) in [6.07, 6.45) is 5.37. The Hall–Kier alpha value is -0.510. The summed E-state index contributed by atoms with van der Waals surface area (Å²) in [7, 11) is 0. The molecule has 0 radical (unpaired) electrons. The lowest BCUT2D eigenvalue weighted by Crippen LogP contribution is -2.44. The average molecular weight is 272 g/mol. The van der Waals surface area contributed by atoms with Gasteiger partial charge >= 0.3 is 5.97 Å². The van der Waals surface area contributed by atoms with Gasteiger partial charge in [-0.3, -0.25) is 9.59 Å². The van der Waals surface area contributed by atoms with Crippen LogP contribution in [0.2, 0.25) is 0 Å². The van der Waals surface area contributed by atoms with E-state index in [2.05, 4.69) is 0 Å². The van der Waals surface area contributed by atoms with Crippen molar-refractivity contribution in [2.45, 2.75) is 52.9 Å². The lowest BCUT2D eigenvalue weighted by atomic mass is 9.70. The molecular weight excluding hydrogens is 248 g/mol. The average Bonchev–Trinajstić information content (AvgIpc) is 2.39. The second-order valence-corrected chi connectivity index (χ2v) is 6.22. The van der Waals surface area contributed by atoms with E-state index in [-0.39, 0.29) is 17.0 Å². The van der Waals surface area contributed by atoms with Gasteiger partial charge in [0.25, 0.3) is 0 Å². The number of hydrogen-bond acceptors (Lipinski definition) is 4. The van der Waals surface area contributed by atoms with E-state index in [4.69, 9.17) is 4.74 Å². The molecule has 0 heterocycles. The SMILES string of the molecule is CCOC(=O)C(C)(C(=O)SCC)C1CCCCC1. The molecule has 0 aliphatic heterocycles. The number of hydrogen-bond donors (Lipinski definition) is 0. The van der Waals surface area contributed by atoms with Gasteiger partial charge in [0, 0.05) is 0 Å². The Morgan fingerprint density at radius 3 is 2.33 bits per heavy atom. The van der Waals surface area contributed by atoms with Gasteiger partial charge in [0.1, 0.15) is 5.41 Å². The Bertz CT molecular complexity index is 277. The Kier molecular flexibility index (Phi) is 6.19. The third-order valence-electron chi connectivity index (χ3n) is 3.82. The Morgan fingerprint density at radius 2 is 1.83 bits per heavy atom. The molecule has 1 atom stereocenters. The molecule has 0 saturated heterocycles. The van der Waals surface area contributed by atoms with Crippen molar-refractivity contribution in [1.29, 1.82) is 0 Å². The predicted molar refractivity (Wildman–Crippen MR) is 74.5 cm³/mol. The number of thioether (sulfide) groups is 1. The van der Waals surface area contributed by atoms with Crippen LogP contribution in [0.5, 0.6) is 0 Å². The van der Waals surface area contributed by atoms with Gasteiger partial charge in [0.2, 0.25) is 5.12 Å². The first kappa shape index (κ1) is 15.5. The second kappa shape index (κ2) is 7.17.